The van der Waals surface area contributed by atoms with Crippen LogP contribution in [0.4, 0.5) is 5.82 Å². The van der Waals surface area contributed by atoms with Gasteiger partial charge in [0.15, 0.2) is 6.23 Å². The number of nitrogens with zero attached hydrogens (tertiary/aromatic N) is 2. The Morgan fingerprint density at radius 2 is 1.54 bits per heavy atom. The van der Waals surface area contributed by atoms with Crippen molar-refractivity contribution >= 4 is 17.7 Å². The van der Waals surface area contributed by atoms with Crippen LogP contribution in [-0.2, 0) is 0 Å². The van der Waals surface area contributed by atoms with E-state index in [1.165, 1.54) is 0 Å². The van der Waals surface area contributed by atoms with E-state index >= 15 is 0 Å². The van der Waals surface area contributed by atoms with Crippen LogP contribution in [0.3, 0.4) is 0 Å². The van der Waals surface area contributed by atoms with Gasteiger partial charge >= 0.3 is 0 Å². The maximum Gasteiger partial charge on any atom is 0.155 e. The van der Waals surface area contributed by atoms with Crippen LogP contribution in [0.2, 0.25) is 0 Å². The fourth-order valence-corrected chi connectivity index (χ4v) is 3.18. The lowest BCUT2D eigenvalue weighted by Gasteiger charge is -2.18. The molecule has 1 aliphatic carbocycles. The number of nitrogens with one attached hydrogen (secondary N) is 1. The Labute approximate surface area is 164 Å². The van der Waals surface area contributed by atoms with E-state index < -0.39 is 6.23 Å². The van der Waals surface area contributed by atoms with Gasteiger partial charge in [-0.05, 0) is 17.7 Å². The Hall–Kier alpha value is -3.63. The van der Waals surface area contributed by atoms with E-state index in [4.69, 9.17) is 0 Å². The van der Waals surface area contributed by atoms with E-state index in [9.17, 15) is 5.11 Å². The highest BCUT2D eigenvalue weighted by molar-refractivity contribution is 5.83. The number of aliphatic hydroxyl groups excluding tert-OH is 1. The average molecular weight is 367 g/mol. The molecule has 4 nitrogen and oxygen atoms in total. The molecule has 0 amide bonds. The second-order valence-corrected chi connectivity index (χ2v) is 6.33. The van der Waals surface area contributed by atoms with Gasteiger partial charge < -0.3 is 15.0 Å². The molecule has 1 aliphatic heterocycles. The minimum atomic E-state index is -0.814. The van der Waals surface area contributed by atoms with Crippen LogP contribution in [0.1, 0.15) is 17.4 Å². The largest absolute Gasteiger partial charge is 0.369 e. The van der Waals surface area contributed by atoms with Crippen molar-refractivity contribution in [2.24, 2.45) is 4.99 Å². The predicted octanol–water partition coefficient (Wildman–Crippen LogP) is 4.92. The first-order valence-corrected chi connectivity index (χ1v) is 9.17. The van der Waals surface area contributed by atoms with Gasteiger partial charge in [-0.15, -0.1) is 0 Å². The molecule has 1 atom stereocenters. The molecular weight excluding hydrogens is 346 g/mol. The summed E-state index contributed by atoms with van der Waals surface area (Å²) in [5.74, 6) is 0.720. The maximum absolute atomic E-state index is 10.6. The molecule has 2 N–H and O–H groups in total. The molecule has 0 saturated carbocycles. The first kappa shape index (κ1) is 17.8. The monoisotopic (exact) mass is 367 g/mol. The van der Waals surface area contributed by atoms with Crippen molar-refractivity contribution in [1.29, 1.82) is 0 Å². The molecule has 4 heteroatoms. The van der Waals surface area contributed by atoms with Crippen molar-refractivity contribution in [2.75, 3.05) is 0 Å². The van der Waals surface area contributed by atoms with E-state index in [0.29, 0.717) is 0 Å². The highest BCUT2D eigenvalue weighted by Gasteiger charge is 2.25. The zero-order valence-corrected chi connectivity index (χ0v) is 15.3. The Balaban J connectivity index is 1.93. The number of hydrogen-bond donors (Lipinski definition) is 2. The van der Waals surface area contributed by atoms with Gasteiger partial charge in [-0.3, -0.25) is 0 Å². The number of aliphatic imine (C=N–C) groups is 1. The molecule has 1 unspecified atom stereocenters. The summed E-state index contributed by atoms with van der Waals surface area (Å²) in [4.78, 5) is 4.52. The zero-order chi connectivity index (χ0) is 19.2. The summed E-state index contributed by atoms with van der Waals surface area (Å²) in [5.41, 5.74) is 3.67. The summed E-state index contributed by atoms with van der Waals surface area (Å²) in [6.45, 7) is 0. The second-order valence-electron chi connectivity index (χ2n) is 6.33. The third-order valence-electron chi connectivity index (χ3n) is 4.50. The van der Waals surface area contributed by atoms with Crippen molar-refractivity contribution in [3.05, 3.63) is 114 Å². The second kappa shape index (κ2) is 8.37. The highest BCUT2D eigenvalue weighted by atomic mass is 16.3. The lowest BCUT2D eigenvalue weighted by molar-refractivity contribution is 0.163. The Morgan fingerprint density at radius 3 is 2.32 bits per heavy atom. The highest BCUT2D eigenvalue weighted by Crippen LogP contribution is 2.38. The van der Waals surface area contributed by atoms with Crippen molar-refractivity contribution in [2.45, 2.75) is 6.23 Å². The smallest absolute Gasteiger partial charge is 0.155 e. The maximum atomic E-state index is 10.6. The van der Waals surface area contributed by atoms with Crippen LogP contribution in [0.15, 0.2) is 108 Å². The molecule has 1 aromatic heterocycles. The number of fused-ring (bicyclic) bond motifs is 1. The minimum absolute atomic E-state index is 0.720. The van der Waals surface area contributed by atoms with Gasteiger partial charge in [-0.25, -0.2) is 4.99 Å². The first-order valence-electron chi connectivity index (χ1n) is 9.17. The Kier molecular flexibility index (Phi) is 5.31. The average Bonchev–Trinajstić information content (AvgIpc) is 3.07. The SMILES string of the molecule is OC1NC=Nc2c1c(C1=C/C=C\C=C/C=C\1)cn2-c1ccccccccc1. The summed E-state index contributed by atoms with van der Waals surface area (Å²) in [5, 5.41) is 13.5. The summed E-state index contributed by atoms with van der Waals surface area (Å²) < 4.78 is 2.01. The van der Waals surface area contributed by atoms with Crippen LogP contribution in [0, 0.1) is 0 Å². The van der Waals surface area contributed by atoms with Crippen molar-refractivity contribution in [3.8, 4) is 5.69 Å². The molecule has 2 heterocycles. The fraction of sp³-hybridized carbons (Fsp3) is 0.0417. The lowest BCUT2D eigenvalue weighted by Crippen LogP contribution is -2.22. The summed E-state index contributed by atoms with van der Waals surface area (Å²) >= 11 is 0. The molecule has 0 fully saturated rings. The fourth-order valence-electron chi connectivity index (χ4n) is 3.18. The van der Waals surface area contributed by atoms with Crippen LogP contribution in [0.25, 0.3) is 11.3 Å². The molecule has 2 aliphatic rings. The van der Waals surface area contributed by atoms with Crippen LogP contribution in [-0.4, -0.2) is 16.0 Å². The van der Waals surface area contributed by atoms with Crippen LogP contribution in [0.5, 0.6) is 0 Å². The van der Waals surface area contributed by atoms with Gasteiger partial charge in [-0.1, -0.05) is 85.0 Å². The lowest BCUT2D eigenvalue weighted by atomic mass is 10.0. The Morgan fingerprint density at radius 1 is 0.857 bits per heavy atom. The van der Waals surface area contributed by atoms with E-state index in [-0.39, 0.29) is 0 Å². The minimum Gasteiger partial charge on any atom is -0.369 e. The molecule has 0 spiro atoms. The van der Waals surface area contributed by atoms with Gasteiger partial charge in [0.25, 0.3) is 0 Å². The van der Waals surface area contributed by atoms with Crippen molar-refractivity contribution < 1.29 is 5.11 Å². The molecule has 0 saturated heterocycles. The van der Waals surface area contributed by atoms with Crippen molar-refractivity contribution in [1.82, 2.24) is 9.88 Å². The molecule has 28 heavy (non-hydrogen) atoms. The number of rotatable bonds is 2. The van der Waals surface area contributed by atoms with Gasteiger partial charge in [0, 0.05) is 17.4 Å². The van der Waals surface area contributed by atoms with E-state index in [2.05, 4.69) is 10.3 Å². The van der Waals surface area contributed by atoms with E-state index in [1.54, 1.807) is 6.34 Å². The van der Waals surface area contributed by atoms with Crippen LogP contribution >= 0.6 is 0 Å². The molecular formula is C24H21N3O. The molecule has 0 radical (unpaired) electrons. The predicted molar refractivity (Wildman–Crippen MR) is 115 cm³/mol. The summed E-state index contributed by atoms with van der Waals surface area (Å²) in [6, 6.07) is 18.0. The molecule has 4 rings (SSSR count). The van der Waals surface area contributed by atoms with Crippen molar-refractivity contribution in [3.63, 3.8) is 0 Å². The molecule has 1 aromatic carbocycles. The van der Waals surface area contributed by atoms with Gasteiger partial charge in [0.2, 0.25) is 0 Å². The summed E-state index contributed by atoms with van der Waals surface area (Å²) in [7, 11) is 0. The van der Waals surface area contributed by atoms with Gasteiger partial charge in [-0.2, -0.15) is 0 Å². The first-order chi connectivity index (χ1) is 13.8. The number of allylic oxidation sites excluding steroid dienone is 8. The van der Waals surface area contributed by atoms with Gasteiger partial charge in [0.1, 0.15) is 5.82 Å². The number of aliphatic hydroxyl groups is 1. The molecule has 138 valence electrons. The number of aromatic nitrogens is 1. The summed E-state index contributed by atoms with van der Waals surface area (Å²) in [6.07, 6.45) is 16.8. The van der Waals surface area contributed by atoms with E-state index in [0.717, 1.165) is 28.2 Å². The topological polar surface area (TPSA) is 49.5 Å². The zero-order valence-electron chi connectivity index (χ0n) is 15.3. The van der Waals surface area contributed by atoms with Gasteiger partial charge in [0.05, 0.1) is 11.9 Å². The van der Waals surface area contributed by atoms with E-state index in [1.807, 2.05) is 108 Å². The molecule has 2 aromatic rings. The third-order valence-corrected chi connectivity index (χ3v) is 4.50. The normalized spacial score (nSPS) is 22.3. The quantitative estimate of drug-likeness (QED) is 0.791. The standard InChI is InChI=1S/C24H21N3O/c28-24-22-21(19-13-9-5-4-6-10-14-19)17-27(23(22)25-18-26-24)20-15-11-7-2-1-3-8-12-16-20/h1-18,24,28H,(H,25,26)/b2-1?,3-1?,5-4-,6-4?,7-2?,8-3?,9-5?,10-6-,11-7?,12-8?,13-9-,14-10?,15-11?,16-12?,19-13?,19-14+,20-15?,20-16?. The number of hydrogen-bond acceptors (Lipinski definition) is 3. The van der Waals surface area contributed by atoms with Crippen LogP contribution < -0.4 is 5.32 Å². The molecule has 0 bridgehead atoms. The Bertz CT molecular complexity index is 1040. The third kappa shape index (κ3) is 3.72.